The lowest BCUT2D eigenvalue weighted by Gasteiger charge is -2.43. The molecule has 1 fully saturated rings. The Balaban J connectivity index is 1.41. The fraction of sp³-hybridized carbons (Fsp3) is 0.308. The zero-order valence-electron chi connectivity index (χ0n) is 20.2. The third-order valence-electron chi connectivity index (χ3n) is 7.00. The Labute approximate surface area is 208 Å². The van der Waals surface area contributed by atoms with E-state index >= 15 is 0 Å². The highest BCUT2D eigenvalue weighted by molar-refractivity contribution is 6.04. The van der Waals surface area contributed by atoms with Crippen molar-refractivity contribution < 1.29 is 9.59 Å². The molecule has 0 spiro atoms. The summed E-state index contributed by atoms with van der Waals surface area (Å²) in [5, 5.41) is 4.23. The molecule has 2 aliphatic rings. The van der Waals surface area contributed by atoms with Crippen molar-refractivity contribution in [3.05, 3.63) is 60.7 Å². The molecule has 4 aromatic rings. The summed E-state index contributed by atoms with van der Waals surface area (Å²) in [7, 11) is 1.81. The number of nitrogens with zero attached hydrogens (tertiary/aromatic N) is 8. The van der Waals surface area contributed by atoms with Crippen LogP contribution in [0.3, 0.4) is 0 Å². The van der Waals surface area contributed by atoms with Gasteiger partial charge in [0, 0.05) is 69.0 Å². The zero-order valence-corrected chi connectivity index (χ0v) is 20.2. The third kappa shape index (κ3) is 3.74. The van der Waals surface area contributed by atoms with Crippen molar-refractivity contribution in [1.29, 1.82) is 0 Å². The molecular weight excluding hydrogens is 456 g/mol. The van der Waals surface area contributed by atoms with E-state index in [0.29, 0.717) is 25.2 Å². The molecule has 0 aliphatic carbocycles. The van der Waals surface area contributed by atoms with Crippen LogP contribution in [-0.2, 0) is 11.3 Å². The van der Waals surface area contributed by atoms with E-state index in [2.05, 4.69) is 15.1 Å². The van der Waals surface area contributed by atoms with E-state index in [4.69, 9.17) is 4.98 Å². The smallest absolute Gasteiger partial charge is 0.324 e. The van der Waals surface area contributed by atoms with Crippen molar-refractivity contribution in [3.8, 4) is 17.1 Å². The first kappa shape index (κ1) is 22.1. The first-order chi connectivity index (χ1) is 17.5. The van der Waals surface area contributed by atoms with Crippen molar-refractivity contribution in [1.82, 2.24) is 34.5 Å². The maximum absolute atomic E-state index is 13.5. The lowest BCUT2D eigenvalue weighted by atomic mass is 9.99. The number of hydrogen-bond donors (Lipinski definition) is 0. The van der Waals surface area contributed by atoms with Gasteiger partial charge in [-0.2, -0.15) is 5.10 Å². The predicted octanol–water partition coefficient (Wildman–Crippen LogP) is 3.26. The molecule has 4 aromatic heterocycles. The van der Waals surface area contributed by atoms with Crippen LogP contribution >= 0.6 is 0 Å². The normalized spacial score (nSPS) is 16.5. The summed E-state index contributed by atoms with van der Waals surface area (Å²) in [5.74, 6) is 0.796. The number of urea groups is 1. The van der Waals surface area contributed by atoms with Crippen molar-refractivity contribution >= 4 is 28.7 Å². The molecule has 0 atom stereocenters. The molecule has 10 nitrogen and oxygen atoms in total. The van der Waals surface area contributed by atoms with Gasteiger partial charge >= 0.3 is 6.03 Å². The van der Waals surface area contributed by atoms with Crippen molar-refractivity contribution in [3.63, 3.8) is 0 Å². The topological polar surface area (TPSA) is 100 Å². The van der Waals surface area contributed by atoms with E-state index < -0.39 is 0 Å². The second kappa shape index (κ2) is 8.71. The standard InChI is InChI=1S/C26H26N8O2/c1-17(35)32-12-8-20(9-13-32)34-25-19(16-31(2)26(34)36)15-27-22-6-5-21(30-24(22)25)18-4-7-23(28-14-18)33-11-3-10-29-33/h3-7,10-11,14-15,20H,8-9,12-13,16H2,1-2H3. The van der Waals surface area contributed by atoms with E-state index in [0.717, 1.165) is 46.7 Å². The van der Waals surface area contributed by atoms with Gasteiger partial charge in [0.1, 0.15) is 5.52 Å². The quantitative estimate of drug-likeness (QED) is 0.444. The number of likely N-dealkylation sites (tertiary alicyclic amines) is 1. The van der Waals surface area contributed by atoms with Gasteiger partial charge in [-0.05, 0) is 43.2 Å². The Kier molecular flexibility index (Phi) is 5.36. The SMILES string of the molecule is CC(=O)N1CCC(N2C(=O)N(C)Cc3cnc4ccc(-c5ccc(-n6cccn6)nc5)nc4c32)CC1. The summed E-state index contributed by atoms with van der Waals surface area (Å²) in [5.41, 5.74) is 4.86. The molecular formula is C26H26N8O2. The number of fused-ring (bicyclic) bond motifs is 3. The van der Waals surface area contributed by atoms with Gasteiger partial charge < -0.3 is 9.80 Å². The molecule has 3 amide bonds. The minimum atomic E-state index is -0.0475. The van der Waals surface area contributed by atoms with Gasteiger partial charge in [-0.3, -0.25) is 14.7 Å². The van der Waals surface area contributed by atoms with Crippen LogP contribution in [0.5, 0.6) is 0 Å². The van der Waals surface area contributed by atoms with Crippen molar-refractivity contribution in [2.24, 2.45) is 0 Å². The zero-order chi connectivity index (χ0) is 24.8. The second-order valence-corrected chi connectivity index (χ2v) is 9.30. The Morgan fingerprint density at radius 3 is 2.58 bits per heavy atom. The third-order valence-corrected chi connectivity index (χ3v) is 7.00. The van der Waals surface area contributed by atoms with Crippen LogP contribution < -0.4 is 4.90 Å². The fourth-order valence-electron chi connectivity index (χ4n) is 5.09. The van der Waals surface area contributed by atoms with Gasteiger partial charge in [0.15, 0.2) is 5.82 Å². The van der Waals surface area contributed by atoms with Gasteiger partial charge in [0.25, 0.3) is 0 Å². The number of carbonyl (C=O) groups excluding carboxylic acids is 2. The number of carbonyl (C=O) groups is 2. The molecule has 2 aliphatic heterocycles. The minimum Gasteiger partial charge on any atom is -0.343 e. The summed E-state index contributed by atoms with van der Waals surface area (Å²) in [4.78, 5) is 44.9. The van der Waals surface area contributed by atoms with Gasteiger partial charge in [-0.1, -0.05) is 0 Å². The van der Waals surface area contributed by atoms with Crippen molar-refractivity contribution in [2.75, 3.05) is 25.0 Å². The molecule has 0 saturated carbocycles. The first-order valence-corrected chi connectivity index (χ1v) is 12.0. The molecule has 0 bridgehead atoms. The van der Waals surface area contributed by atoms with Crippen LogP contribution in [0.15, 0.2) is 55.1 Å². The molecule has 0 radical (unpaired) electrons. The van der Waals surface area contributed by atoms with Gasteiger partial charge in [-0.25, -0.2) is 19.4 Å². The highest BCUT2D eigenvalue weighted by Crippen LogP contribution is 2.37. The lowest BCUT2D eigenvalue weighted by Crippen LogP contribution is -2.54. The molecule has 6 heterocycles. The summed E-state index contributed by atoms with van der Waals surface area (Å²) in [6.45, 7) is 3.35. The largest absolute Gasteiger partial charge is 0.343 e. The fourth-order valence-corrected chi connectivity index (χ4v) is 5.09. The molecule has 1 saturated heterocycles. The summed E-state index contributed by atoms with van der Waals surface area (Å²) in [6.07, 6.45) is 8.63. The number of anilines is 1. The van der Waals surface area contributed by atoms with E-state index in [9.17, 15) is 9.59 Å². The number of aromatic nitrogens is 5. The van der Waals surface area contributed by atoms with Crippen LogP contribution in [0.4, 0.5) is 10.5 Å². The van der Waals surface area contributed by atoms with E-state index in [1.807, 2.05) is 59.6 Å². The van der Waals surface area contributed by atoms with Crippen molar-refractivity contribution in [2.45, 2.75) is 32.4 Å². The maximum Gasteiger partial charge on any atom is 0.324 e. The summed E-state index contributed by atoms with van der Waals surface area (Å²) in [6, 6.07) is 9.53. The Hall–Kier alpha value is -4.34. The average Bonchev–Trinajstić information content (AvgIpc) is 3.44. The molecule has 0 aromatic carbocycles. The van der Waals surface area contributed by atoms with Gasteiger partial charge in [0.2, 0.25) is 5.91 Å². The monoisotopic (exact) mass is 482 g/mol. The highest BCUT2D eigenvalue weighted by atomic mass is 16.2. The summed E-state index contributed by atoms with van der Waals surface area (Å²) < 4.78 is 1.70. The van der Waals surface area contributed by atoms with Gasteiger partial charge in [-0.15, -0.1) is 0 Å². The summed E-state index contributed by atoms with van der Waals surface area (Å²) >= 11 is 0. The predicted molar refractivity (Wildman–Crippen MR) is 135 cm³/mol. The van der Waals surface area contributed by atoms with E-state index in [-0.39, 0.29) is 18.0 Å². The Morgan fingerprint density at radius 2 is 1.89 bits per heavy atom. The number of hydrogen-bond acceptors (Lipinski definition) is 6. The number of rotatable bonds is 3. The van der Waals surface area contributed by atoms with Crippen LogP contribution in [-0.4, -0.2) is 72.6 Å². The van der Waals surface area contributed by atoms with E-state index in [1.165, 1.54) is 0 Å². The Bertz CT molecular complexity index is 1440. The minimum absolute atomic E-state index is 0.0133. The number of piperidine rings is 1. The second-order valence-electron chi connectivity index (χ2n) is 9.30. The highest BCUT2D eigenvalue weighted by Gasteiger charge is 2.37. The Morgan fingerprint density at radius 1 is 1.06 bits per heavy atom. The lowest BCUT2D eigenvalue weighted by molar-refractivity contribution is -0.129. The molecule has 182 valence electrons. The first-order valence-electron chi connectivity index (χ1n) is 12.0. The molecule has 10 heteroatoms. The average molecular weight is 483 g/mol. The number of amides is 3. The molecule has 6 rings (SSSR count). The van der Waals surface area contributed by atoms with Crippen LogP contribution in [0.2, 0.25) is 0 Å². The molecule has 0 unspecified atom stereocenters. The molecule has 0 N–H and O–H groups in total. The maximum atomic E-state index is 13.5. The van der Waals surface area contributed by atoms with Crippen LogP contribution in [0.1, 0.15) is 25.3 Å². The van der Waals surface area contributed by atoms with Gasteiger partial charge in [0.05, 0.1) is 23.4 Å². The van der Waals surface area contributed by atoms with Crippen LogP contribution in [0, 0.1) is 0 Å². The van der Waals surface area contributed by atoms with Crippen LogP contribution in [0.25, 0.3) is 28.1 Å². The number of pyridine rings is 3. The van der Waals surface area contributed by atoms with E-state index in [1.54, 1.807) is 28.9 Å². The molecule has 36 heavy (non-hydrogen) atoms.